The van der Waals surface area contributed by atoms with Crippen LogP contribution in [0, 0.1) is 0 Å². The highest BCUT2D eigenvalue weighted by molar-refractivity contribution is 5.29. The Morgan fingerprint density at radius 3 is 2.89 bits per heavy atom. The maximum Gasteiger partial charge on any atom is 0.437 e. The van der Waals surface area contributed by atoms with E-state index in [9.17, 15) is 13.2 Å². The fraction of sp³-hybridized carbons (Fsp3) is 0.583. The van der Waals surface area contributed by atoms with Gasteiger partial charge in [-0.1, -0.05) is 0 Å². The van der Waals surface area contributed by atoms with E-state index >= 15 is 0 Å². The van der Waals surface area contributed by atoms with E-state index in [1.807, 2.05) is 7.05 Å². The van der Waals surface area contributed by atoms with Gasteiger partial charge in [-0.2, -0.15) is 13.2 Å². The normalized spacial score (nSPS) is 21.2. The van der Waals surface area contributed by atoms with Gasteiger partial charge in [0.05, 0.1) is 0 Å². The molecule has 0 amide bonds. The first-order valence-electron chi connectivity index (χ1n) is 5.84. The van der Waals surface area contributed by atoms with Gasteiger partial charge in [-0.15, -0.1) is 0 Å². The minimum atomic E-state index is -4.47. The van der Waals surface area contributed by atoms with Gasteiger partial charge in [-0.05, 0) is 38.6 Å². The van der Waals surface area contributed by atoms with Crippen LogP contribution in [0.4, 0.5) is 13.2 Å². The second-order valence-electron chi connectivity index (χ2n) is 4.44. The minimum Gasteiger partial charge on any atom is -0.490 e. The number of rotatable bonds is 3. The van der Waals surface area contributed by atoms with E-state index in [-0.39, 0.29) is 18.4 Å². The van der Waals surface area contributed by atoms with Gasteiger partial charge in [0.15, 0.2) is 5.69 Å². The Kier molecular flexibility index (Phi) is 3.75. The Bertz CT molecular complexity index is 409. The lowest BCUT2D eigenvalue weighted by Gasteiger charge is -2.20. The molecule has 1 aromatic rings. The van der Waals surface area contributed by atoms with Gasteiger partial charge in [-0.25, -0.2) is 4.98 Å². The molecule has 1 aliphatic heterocycles. The summed E-state index contributed by atoms with van der Waals surface area (Å²) in [5.41, 5.74) is -0.953. The van der Waals surface area contributed by atoms with Crippen molar-refractivity contribution in [2.24, 2.45) is 0 Å². The Balaban J connectivity index is 2.05. The van der Waals surface area contributed by atoms with Gasteiger partial charge in [0.25, 0.3) is 0 Å². The fourth-order valence-corrected chi connectivity index (χ4v) is 2.10. The number of pyridine rings is 1. The molecule has 1 aromatic heterocycles. The number of halogens is 3. The number of alkyl halides is 3. The standard InChI is InChI=1S/C12H15F3N2O/c1-17-7-3-4-9(17)8-18-10-5-2-6-16-11(10)12(13,14)15/h2,5-6,9H,3-4,7-8H2,1H3/t9-/m1/s1. The lowest BCUT2D eigenvalue weighted by atomic mass is 10.2. The molecular weight excluding hydrogens is 245 g/mol. The Labute approximate surface area is 104 Å². The topological polar surface area (TPSA) is 25.4 Å². The highest BCUT2D eigenvalue weighted by Crippen LogP contribution is 2.34. The smallest absolute Gasteiger partial charge is 0.437 e. The molecule has 1 atom stereocenters. The van der Waals surface area contributed by atoms with Crippen LogP contribution >= 0.6 is 0 Å². The zero-order valence-electron chi connectivity index (χ0n) is 10.1. The molecule has 0 aromatic carbocycles. The van der Waals surface area contributed by atoms with Crippen molar-refractivity contribution in [3.05, 3.63) is 24.0 Å². The highest BCUT2D eigenvalue weighted by atomic mass is 19.4. The van der Waals surface area contributed by atoms with Gasteiger partial charge in [0, 0.05) is 12.2 Å². The summed E-state index contributed by atoms with van der Waals surface area (Å²) in [5, 5.41) is 0. The predicted molar refractivity (Wildman–Crippen MR) is 60.4 cm³/mol. The summed E-state index contributed by atoms with van der Waals surface area (Å²) in [6, 6.07) is 2.94. The summed E-state index contributed by atoms with van der Waals surface area (Å²) in [4.78, 5) is 5.45. The zero-order valence-corrected chi connectivity index (χ0v) is 10.1. The molecular formula is C12H15F3N2O. The van der Waals surface area contributed by atoms with Gasteiger partial charge in [0.2, 0.25) is 0 Å². The lowest BCUT2D eigenvalue weighted by Crippen LogP contribution is -2.31. The monoisotopic (exact) mass is 260 g/mol. The average Bonchev–Trinajstić information content (AvgIpc) is 2.71. The third-order valence-corrected chi connectivity index (χ3v) is 3.14. The third-order valence-electron chi connectivity index (χ3n) is 3.14. The highest BCUT2D eigenvalue weighted by Gasteiger charge is 2.36. The number of hydrogen-bond donors (Lipinski definition) is 0. The van der Waals surface area contributed by atoms with Crippen molar-refractivity contribution in [2.45, 2.75) is 25.1 Å². The van der Waals surface area contributed by atoms with E-state index in [1.165, 1.54) is 12.1 Å². The maximum absolute atomic E-state index is 12.7. The molecule has 3 nitrogen and oxygen atoms in total. The summed E-state index contributed by atoms with van der Waals surface area (Å²) in [6.07, 6.45) is -1.34. The number of hydrogen-bond acceptors (Lipinski definition) is 3. The molecule has 2 rings (SSSR count). The summed E-state index contributed by atoms with van der Waals surface area (Å²) >= 11 is 0. The summed E-state index contributed by atoms with van der Waals surface area (Å²) in [6.45, 7) is 1.23. The summed E-state index contributed by atoms with van der Waals surface area (Å²) in [5.74, 6) is -0.190. The summed E-state index contributed by atoms with van der Waals surface area (Å²) < 4.78 is 43.3. The van der Waals surface area contributed by atoms with Crippen molar-refractivity contribution >= 4 is 0 Å². The van der Waals surface area contributed by atoms with E-state index in [0.717, 1.165) is 25.6 Å². The van der Waals surface area contributed by atoms with Gasteiger partial charge < -0.3 is 9.64 Å². The zero-order chi connectivity index (χ0) is 13.2. The first-order valence-corrected chi connectivity index (χ1v) is 5.84. The Morgan fingerprint density at radius 2 is 2.28 bits per heavy atom. The van der Waals surface area contributed by atoms with Crippen molar-refractivity contribution in [3.8, 4) is 5.75 Å². The van der Waals surface area contributed by atoms with E-state index in [4.69, 9.17) is 4.74 Å². The maximum atomic E-state index is 12.7. The van der Waals surface area contributed by atoms with Gasteiger partial charge in [-0.3, -0.25) is 0 Å². The Hall–Kier alpha value is -1.30. The van der Waals surface area contributed by atoms with Crippen molar-refractivity contribution in [3.63, 3.8) is 0 Å². The SMILES string of the molecule is CN1CCC[C@@H]1COc1cccnc1C(F)(F)F. The first kappa shape index (κ1) is 13.1. The van der Waals surface area contributed by atoms with Crippen LogP contribution < -0.4 is 4.74 Å². The first-order chi connectivity index (χ1) is 8.48. The molecule has 0 radical (unpaired) electrons. The molecule has 1 saturated heterocycles. The molecule has 0 unspecified atom stereocenters. The van der Waals surface area contributed by atoms with Crippen LogP contribution in [0.1, 0.15) is 18.5 Å². The Morgan fingerprint density at radius 1 is 1.50 bits per heavy atom. The molecule has 100 valence electrons. The molecule has 18 heavy (non-hydrogen) atoms. The molecule has 0 bridgehead atoms. The molecule has 1 fully saturated rings. The second-order valence-corrected chi connectivity index (χ2v) is 4.44. The quantitative estimate of drug-likeness (QED) is 0.835. The fourth-order valence-electron chi connectivity index (χ4n) is 2.10. The van der Waals surface area contributed by atoms with Crippen LogP contribution in [0.5, 0.6) is 5.75 Å². The number of likely N-dealkylation sites (tertiary alicyclic amines) is 1. The van der Waals surface area contributed by atoms with Crippen molar-refractivity contribution in [1.82, 2.24) is 9.88 Å². The van der Waals surface area contributed by atoms with E-state index in [1.54, 1.807) is 0 Å². The van der Waals surface area contributed by atoms with Crippen molar-refractivity contribution in [1.29, 1.82) is 0 Å². The van der Waals surface area contributed by atoms with E-state index in [2.05, 4.69) is 9.88 Å². The predicted octanol–water partition coefficient (Wildman–Crippen LogP) is 2.57. The van der Waals surface area contributed by atoms with Crippen LogP contribution in [-0.2, 0) is 6.18 Å². The molecule has 0 saturated carbocycles. The van der Waals surface area contributed by atoms with Crippen LogP contribution in [0.15, 0.2) is 18.3 Å². The minimum absolute atomic E-state index is 0.186. The van der Waals surface area contributed by atoms with Crippen molar-refractivity contribution < 1.29 is 17.9 Å². The van der Waals surface area contributed by atoms with Gasteiger partial charge >= 0.3 is 6.18 Å². The number of nitrogens with zero attached hydrogens (tertiary/aromatic N) is 2. The van der Waals surface area contributed by atoms with Crippen LogP contribution in [0.2, 0.25) is 0 Å². The average molecular weight is 260 g/mol. The molecule has 1 aliphatic rings. The molecule has 6 heteroatoms. The van der Waals surface area contributed by atoms with Crippen molar-refractivity contribution in [2.75, 3.05) is 20.2 Å². The van der Waals surface area contributed by atoms with E-state index < -0.39 is 11.9 Å². The van der Waals surface area contributed by atoms with Crippen LogP contribution in [0.25, 0.3) is 0 Å². The molecule has 2 heterocycles. The summed E-state index contributed by atoms with van der Waals surface area (Å²) in [7, 11) is 1.95. The molecule has 0 N–H and O–H groups in total. The third kappa shape index (κ3) is 2.93. The van der Waals surface area contributed by atoms with Crippen LogP contribution in [-0.4, -0.2) is 36.1 Å². The van der Waals surface area contributed by atoms with Gasteiger partial charge in [0.1, 0.15) is 12.4 Å². The van der Waals surface area contributed by atoms with E-state index in [0.29, 0.717) is 0 Å². The number of likely N-dealkylation sites (N-methyl/N-ethyl adjacent to an activating group) is 1. The second kappa shape index (κ2) is 5.14. The number of aromatic nitrogens is 1. The van der Waals surface area contributed by atoms with Crippen LogP contribution in [0.3, 0.4) is 0 Å². The molecule has 0 spiro atoms. The largest absolute Gasteiger partial charge is 0.490 e. The molecule has 0 aliphatic carbocycles. The number of ether oxygens (including phenoxy) is 1. The lowest BCUT2D eigenvalue weighted by molar-refractivity contribution is -0.142.